The first-order valence-corrected chi connectivity index (χ1v) is 6.21. The van der Waals surface area contributed by atoms with Gasteiger partial charge < -0.3 is 15.5 Å². The largest absolute Gasteiger partial charge is 0.477 e. The summed E-state index contributed by atoms with van der Waals surface area (Å²) in [5, 5.41) is 23.3. The maximum absolute atomic E-state index is 11.1. The zero-order chi connectivity index (χ0) is 13.4. The van der Waals surface area contributed by atoms with E-state index in [0.717, 1.165) is 10.8 Å². The van der Waals surface area contributed by atoms with Gasteiger partial charge in [-0.25, -0.2) is 9.78 Å². The molecule has 0 atom stereocenters. The molecule has 0 bridgehead atoms. The number of aromatic carboxylic acids is 1. The SMILES string of the molecule is O=C(O)c1cc2ccccc2c(NC2CC(O)C2)n1. The van der Waals surface area contributed by atoms with E-state index in [2.05, 4.69) is 10.3 Å². The van der Waals surface area contributed by atoms with Crippen molar-refractivity contribution < 1.29 is 15.0 Å². The Morgan fingerprint density at radius 3 is 2.74 bits per heavy atom. The van der Waals surface area contributed by atoms with Crippen molar-refractivity contribution in [2.24, 2.45) is 0 Å². The number of aliphatic hydroxyl groups is 1. The number of nitrogens with one attached hydrogen (secondary N) is 1. The number of fused-ring (bicyclic) bond motifs is 1. The summed E-state index contributed by atoms with van der Waals surface area (Å²) in [7, 11) is 0. The summed E-state index contributed by atoms with van der Waals surface area (Å²) in [6, 6.07) is 9.26. The van der Waals surface area contributed by atoms with Crippen LogP contribution in [0.25, 0.3) is 10.8 Å². The molecular formula is C14H14N2O3. The highest BCUT2D eigenvalue weighted by molar-refractivity contribution is 5.97. The Balaban J connectivity index is 2.02. The third kappa shape index (κ3) is 2.24. The molecule has 0 unspecified atom stereocenters. The van der Waals surface area contributed by atoms with Gasteiger partial charge in [-0.05, 0) is 24.3 Å². The monoisotopic (exact) mass is 258 g/mol. The lowest BCUT2D eigenvalue weighted by Gasteiger charge is -2.32. The predicted octanol–water partition coefficient (Wildman–Crippen LogP) is 1.87. The molecule has 0 radical (unpaired) electrons. The highest BCUT2D eigenvalue weighted by Crippen LogP contribution is 2.28. The molecule has 19 heavy (non-hydrogen) atoms. The zero-order valence-electron chi connectivity index (χ0n) is 10.2. The van der Waals surface area contributed by atoms with Crippen molar-refractivity contribution in [2.75, 3.05) is 5.32 Å². The van der Waals surface area contributed by atoms with Gasteiger partial charge in [0.2, 0.25) is 0 Å². The molecule has 2 aromatic rings. The fourth-order valence-corrected chi connectivity index (χ4v) is 2.32. The first-order valence-electron chi connectivity index (χ1n) is 6.21. The van der Waals surface area contributed by atoms with Gasteiger partial charge in [0.1, 0.15) is 5.82 Å². The molecule has 5 nitrogen and oxygen atoms in total. The first kappa shape index (κ1) is 11.9. The number of carbonyl (C=O) groups is 1. The molecule has 1 saturated carbocycles. The number of aromatic nitrogens is 1. The minimum Gasteiger partial charge on any atom is -0.477 e. The average Bonchev–Trinajstić information content (AvgIpc) is 2.36. The third-order valence-electron chi connectivity index (χ3n) is 3.41. The van der Waals surface area contributed by atoms with Gasteiger partial charge in [-0.1, -0.05) is 24.3 Å². The van der Waals surface area contributed by atoms with Crippen molar-refractivity contribution in [1.82, 2.24) is 4.98 Å². The second-order valence-electron chi connectivity index (χ2n) is 4.85. The van der Waals surface area contributed by atoms with Crippen LogP contribution in [0.3, 0.4) is 0 Å². The van der Waals surface area contributed by atoms with Gasteiger partial charge in [0.05, 0.1) is 6.10 Å². The van der Waals surface area contributed by atoms with Crippen molar-refractivity contribution in [3.05, 3.63) is 36.0 Å². The van der Waals surface area contributed by atoms with Crippen molar-refractivity contribution in [3.63, 3.8) is 0 Å². The predicted molar refractivity (Wildman–Crippen MR) is 71.4 cm³/mol. The van der Waals surface area contributed by atoms with Crippen LogP contribution in [0.2, 0.25) is 0 Å². The van der Waals surface area contributed by atoms with Gasteiger partial charge in [0.15, 0.2) is 5.69 Å². The number of nitrogens with zero attached hydrogens (tertiary/aromatic N) is 1. The van der Waals surface area contributed by atoms with Crippen LogP contribution in [-0.2, 0) is 0 Å². The third-order valence-corrected chi connectivity index (χ3v) is 3.41. The van der Waals surface area contributed by atoms with Gasteiger partial charge in [-0.15, -0.1) is 0 Å². The zero-order valence-corrected chi connectivity index (χ0v) is 10.2. The highest BCUT2D eigenvalue weighted by atomic mass is 16.4. The summed E-state index contributed by atoms with van der Waals surface area (Å²) in [5.41, 5.74) is 0.0288. The van der Waals surface area contributed by atoms with Crippen molar-refractivity contribution in [2.45, 2.75) is 25.0 Å². The van der Waals surface area contributed by atoms with Gasteiger partial charge >= 0.3 is 5.97 Å². The van der Waals surface area contributed by atoms with E-state index in [0.29, 0.717) is 18.7 Å². The number of hydrogen-bond donors (Lipinski definition) is 3. The normalized spacial score (nSPS) is 21.9. The van der Waals surface area contributed by atoms with Crippen LogP contribution < -0.4 is 5.32 Å². The van der Waals surface area contributed by atoms with Crippen molar-refractivity contribution in [1.29, 1.82) is 0 Å². The van der Waals surface area contributed by atoms with Crippen LogP contribution >= 0.6 is 0 Å². The van der Waals surface area contributed by atoms with Gasteiger partial charge in [0.25, 0.3) is 0 Å². The maximum atomic E-state index is 11.1. The summed E-state index contributed by atoms with van der Waals surface area (Å²) >= 11 is 0. The van der Waals surface area contributed by atoms with Crippen LogP contribution in [0.1, 0.15) is 23.3 Å². The van der Waals surface area contributed by atoms with Crippen LogP contribution in [0.15, 0.2) is 30.3 Å². The number of carboxylic acids is 1. The molecule has 3 rings (SSSR count). The van der Waals surface area contributed by atoms with E-state index in [1.54, 1.807) is 6.07 Å². The lowest BCUT2D eigenvalue weighted by atomic mass is 9.89. The topological polar surface area (TPSA) is 82.5 Å². The highest BCUT2D eigenvalue weighted by Gasteiger charge is 2.27. The molecule has 1 heterocycles. The number of carboxylic acid groups (broad SMARTS) is 1. The summed E-state index contributed by atoms with van der Waals surface area (Å²) in [5.74, 6) is -0.463. The second kappa shape index (κ2) is 4.51. The van der Waals surface area contributed by atoms with E-state index in [1.165, 1.54) is 0 Å². The van der Waals surface area contributed by atoms with Crippen LogP contribution in [0, 0.1) is 0 Å². The Hall–Kier alpha value is -2.14. The fraction of sp³-hybridized carbons (Fsp3) is 0.286. The molecule has 1 aromatic carbocycles. The van der Waals surface area contributed by atoms with Gasteiger partial charge in [0, 0.05) is 11.4 Å². The molecule has 0 saturated heterocycles. The Morgan fingerprint density at radius 1 is 1.32 bits per heavy atom. The molecule has 1 aromatic heterocycles. The number of benzene rings is 1. The Labute approximate surface area is 109 Å². The van der Waals surface area contributed by atoms with E-state index >= 15 is 0 Å². The van der Waals surface area contributed by atoms with Crippen molar-refractivity contribution in [3.8, 4) is 0 Å². The van der Waals surface area contributed by atoms with Crippen LogP contribution in [0.5, 0.6) is 0 Å². The smallest absolute Gasteiger partial charge is 0.354 e. The summed E-state index contributed by atoms with van der Waals surface area (Å²) in [6.07, 6.45) is 1.09. The van der Waals surface area contributed by atoms with E-state index in [9.17, 15) is 9.90 Å². The fourth-order valence-electron chi connectivity index (χ4n) is 2.32. The van der Waals surface area contributed by atoms with Gasteiger partial charge in [-0.3, -0.25) is 0 Å². The van der Waals surface area contributed by atoms with E-state index in [1.807, 2.05) is 24.3 Å². The molecule has 3 N–H and O–H groups in total. The molecular weight excluding hydrogens is 244 g/mol. The second-order valence-corrected chi connectivity index (χ2v) is 4.85. The molecule has 0 aliphatic heterocycles. The Kier molecular flexibility index (Phi) is 2.83. The number of pyridine rings is 1. The Bertz CT molecular complexity index is 636. The minimum absolute atomic E-state index is 0.0288. The van der Waals surface area contributed by atoms with Gasteiger partial charge in [-0.2, -0.15) is 0 Å². The molecule has 1 fully saturated rings. The summed E-state index contributed by atoms with van der Waals surface area (Å²) in [6.45, 7) is 0. The molecule has 0 amide bonds. The molecule has 1 aliphatic carbocycles. The lowest BCUT2D eigenvalue weighted by Crippen LogP contribution is -2.39. The summed E-state index contributed by atoms with van der Waals surface area (Å²) in [4.78, 5) is 15.2. The number of aliphatic hydroxyl groups excluding tert-OH is 1. The van der Waals surface area contributed by atoms with E-state index in [4.69, 9.17) is 5.11 Å². The lowest BCUT2D eigenvalue weighted by molar-refractivity contribution is 0.0689. The summed E-state index contributed by atoms with van der Waals surface area (Å²) < 4.78 is 0. The standard InChI is InChI=1S/C14H14N2O3/c17-10-6-9(7-10)15-13-11-4-2-1-3-8(11)5-12(16-13)14(18)19/h1-5,9-10,17H,6-7H2,(H,15,16)(H,18,19). The maximum Gasteiger partial charge on any atom is 0.354 e. The average molecular weight is 258 g/mol. The quantitative estimate of drug-likeness (QED) is 0.782. The van der Waals surface area contributed by atoms with E-state index < -0.39 is 5.97 Å². The molecule has 5 heteroatoms. The number of rotatable bonds is 3. The van der Waals surface area contributed by atoms with Crippen LogP contribution in [0.4, 0.5) is 5.82 Å². The number of anilines is 1. The Morgan fingerprint density at radius 2 is 2.05 bits per heavy atom. The molecule has 98 valence electrons. The van der Waals surface area contributed by atoms with E-state index in [-0.39, 0.29) is 17.8 Å². The molecule has 1 aliphatic rings. The minimum atomic E-state index is -1.04. The first-order chi connectivity index (χ1) is 9.13. The number of hydrogen-bond acceptors (Lipinski definition) is 4. The molecule has 0 spiro atoms. The van der Waals surface area contributed by atoms with Crippen molar-refractivity contribution >= 4 is 22.6 Å². The van der Waals surface area contributed by atoms with Crippen LogP contribution in [-0.4, -0.2) is 33.3 Å².